The number of hydrogen-bond donors (Lipinski definition) is 0. The van der Waals surface area contributed by atoms with E-state index in [2.05, 4.69) is 97.1 Å². The third-order valence-electron chi connectivity index (χ3n) is 8.27. The molecule has 0 amide bonds. The van der Waals surface area contributed by atoms with Gasteiger partial charge >= 0.3 is 11.5 Å². The van der Waals surface area contributed by atoms with Crippen molar-refractivity contribution in [2.75, 3.05) is 0 Å². The van der Waals surface area contributed by atoms with Crippen LogP contribution in [0.5, 0.6) is 0 Å². The largest absolute Gasteiger partial charge is 0.456 e. The van der Waals surface area contributed by atoms with Crippen molar-refractivity contribution < 1.29 is 9.15 Å². The first kappa shape index (κ1) is 30.2. The van der Waals surface area contributed by atoms with Gasteiger partial charge in [0.05, 0.1) is 23.3 Å². The Morgan fingerprint density at radius 1 is 0.553 bits per heavy atom. The van der Waals surface area contributed by atoms with Gasteiger partial charge in [0.15, 0.2) is 0 Å². The van der Waals surface area contributed by atoms with Crippen LogP contribution in [0.4, 0.5) is 0 Å². The van der Waals surface area contributed by atoms with Crippen molar-refractivity contribution >= 4 is 29.2 Å². The molecule has 0 atom stereocenters. The zero-order valence-electron chi connectivity index (χ0n) is 26.0. The minimum Gasteiger partial charge on any atom is -0.456 e. The standard InChI is InChI=1S/C44H34ClO2/c45-44-38(26-24-32-28-40(34-14-5-1-6-15-34)46-41(29-32)35-16-7-2-8-17-35)22-13-23-39(44)27-25-33-30-42(36-18-9-3-10-19-36)47-43(31-33)37-20-11-4-12-21-37/h1-12,14-21,24-31H,13,22-23H2/q+1. The van der Waals surface area contributed by atoms with Crippen molar-refractivity contribution in [2.45, 2.75) is 19.3 Å². The minimum atomic E-state index is 0.822. The average molecular weight is 630 g/mol. The summed E-state index contributed by atoms with van der Waals surface area (Å²) in [6.07, 6.45) is 15.7. The van der Waals surface area contributed by atoms with E-state index >= 15 is 0 Å². The Morgan fingerprint density at radius 2 is 1.04 bits per heavy atom. The average Bonchev–Trinajstić information content (AvgIpc) is 3.15. The molecule has 3 heteroatoms. The number of allylic oxidation sites excluding steroid dienone is 9. The van der Waals surface area contributed by atoms with Crippen LogP contribution in [-0.4, -0.2) is 0 Å². The molecule has 1 aliphatic carbocycles. The highest BCUT2D eigenvalue weighted by molar-refractivity contribution is 6.32. The van der Waals surface area contributed by atoms with Crippen LogP contribution in [0.15, 0.2) is 190 Å². The molecule has 0 saturated heterocycles. The highest BCUT2D eigenvalue weighted by Crippen LogP contribution is 2.36. The van der Waals surface area contributed by atoms with Crippen molar-refractivity contribution in [1.82, 2.24) is 0 Å². The predicted octanol–water partition coefficient (Wildman–Crippen LogP) is 12.5. The van der Waals surface area contributed by atoms with Gasteiger partial charge in [0, 0.05) is 16.2 Å². The van der Waals surface area contributed by atoms with Gasteiger partial charge in [-0.2, -0.15) is 0 Å². The van der Waals surface area contributed by atoms with Gasteiger partial charge in [0.25, 0.3) is 0 Å². The van der Waals surface area contributed by atoms with Gasteiger partial charge in [-0.1, -0.05) is 133 Å². The van der Waals surface area contributed by atoms with E-state index in [0.717, 1.165) is 91.9 Å². The summed E-state index contributed by atoms with van der Waals surface area (Å²) in [5.74, 6) is 3.30. The molecule has 0 unspecified atom stereocenters. The quantitative estimate of drug-likeness (QED) is 0.167. The lowest BCUT2D eigenvalue weighted by molar-refractivity contribution is 0.467. The number of benzene rings is 4. The van der Waals surface area contributed by atoms with Crippen LogP contribution >= 0.6 is 11.6 Å². The molecule has 2 aliphatic rings. The summed E-state index contributed by atoms with van der Waals surface area (Å²) >= 11 is 7.09. The third-order valence-corrected chi connectivity index (χ3v) is 8.76. The van der Waals surface area contributed by atoms with Gasteiger partial charge in [-0.25, -0.2) is 4.42 Å². The second-order valence-electron chi connectivity index (χ2n) is 11.6. The van der Waals surface area contributed by atoms with Crippen LogP contribution in [0.3, 0.4) is 0 Å². The number of rotatable bonds is 7. The molecule has 0 fully saturated rings. The van der Waals surface area contributed by atoms with Gasteiger partial charge < -0.3 is 4.74 Å². The fourth-order valence-electron chi connectivity index (χ4n) is 5.82. The second kappa shape index (κ2) is 14.3. The molecule has 0 saturated carbocycles. The summed E-state index contributed by atoms with van der Waals surface area (Å²) in [5.41, 5.74) is 8.54. The summed E-state index contributed by atoms with van der Waals surface area (Å²) in [6.45, 7) is 0. The summed E-state index contributed by atoms with van der Waals surface area (Å²) < 4.78 is 12.8. The Labute approximate surface area is 281 Å². The van der Waals surface area contributed by atoms with Gasteiger partial charge in [-0.15, -0.1) is 0 Å². The fraction of sp³-hybridized carbons (Fsp3) is 0.0682. The molecular formula is C44H34ClO2+. The van der Waals surface area contributed by atoms with Gasteiger partial charge in [-0.05, 0) is 78.0 Å². The minimum absolute atomic E-state index is 0.822. The lowest BCUT2D eigenvalue weighted by atomic mass is 9.93. The maximum Gasteiger partial charge on any atom is 0.361 e. The first-order chi connectivity index (χ1) is 23.2. The molecule has 5 aromatic rings. The van der Waals surface area contributed by atoms with E-state index < -0.39 is 0 Å². The Hall–Kier alpha value is -5.44. The van der Waals surface area contributed by atoms with E-state index in [1.54, 1.807) is 0 Å². The molecule has 0 spiro atoms. The van der Waals surface area contributed by atoms with Crippen molar-refractivity contribution in [3.05, 3.63) is 202 Å². The summed E-state index contributed by atoms with van der Waals surface area (Å²) in [5, 5.41) is 0.822. The molecule has 228 valence electrons. The second-order valence-corrected chi connectivity index (χ2v) is 12.0. The monoisotopic (exact) mass is 629 g/mol. The van der Waals surface area contributed by atoms with Crippen LogP contribution in [0.25, 0.3) is 40.2 Å². The molecule has 2 heterocycles. The lowest BCUT2D eigenvalue weighted by Gasteiger charge is -2.19. The zero-order chi connectivity index (χ0) is 31.8. The van der Waals surface area contributed by atoms with Crippen molar-refractivity contribution in [1.29, 1.82) is 0 Å². The van der Waals surface area contributed by atoms with Crippen LogP contribution in [0, 0.1) is 0 Å². The van der Waals surface area contributed by atoms with Crippen molar-refractivity contribution in [3.63, 3.8) is 0 Å². The smallest absolute Gasteiger partial charge is 0.361 e. The normalized spacial score (nSPS) is 15.8. The Bertz CT molecular complexity index is 1930. The summed E-state index contributed by atoms with van der Waals surface area (Å²) in [6, 6.07) is 45.1. The molecule has 0 radical (unpaired) electrons. The molecule has 7 rings (SSSR count). The zero-order valence-corrected chi connectivity index (χ0v) is 26.7. The lowest BCUT2D eigenvalue weighted by Crippen LogP contribution is -2.00. The van der Waals surface area contributed by atoms with Gasteiger partial charge in [-0.3, -0.25) is 0 Å². The first-order valence-corrected chi connectivity index (χ1v) is 16.4. The van der Waals surface area contributed by atoms with Crippen molar-refractivity contribution in [2.24, 2.45) is 0 Å². The van der Waals surface area contributed by atoms with E-state index in [0.29, 0.717) is 0 Å². The molecule has 1 aromatic heterocycles. The van der Waals surface area contributed by atoms with E-state index in [-0.39, 0.29) is 0 Å². The molecule has 4 aromatic carbocycles. The van der Waals surface area contributed by atoms with Crippen LogP contribution in [0.1, 0.15) is 36.0 Å². The topological polar surface area (TPSA) is 20.5 Å². The molecule has 1 aliphatic heterocycles. The third kappa shape index (κ3) is 7.35. The maximum atomic E-state index is 7.09. The Balaban J connectivity index is 1.21. The van der Waals surface area contributed by atoms with E-state index in [9.17, 15) is 0 Å². The fourth-order valence-corrected chi connectivity index (χ4v) is 6.13. The number of hydrogen-bond acceptors (Lipinski definition) is 1. The predicted molar refractivity (Wildman–Crippen MR) is 196 cm³/mol. The van der Waals surface area contributed by atoms with E-state index in [4.69, 9.17) is 20.8 Å². The maximum absolute atomic E-state index is 7.09. The van der Waals surface area contributed by atoms with Gasteiger partial charge in [0.1, 0.15) is 11.5 Å². The number of halogens is 1. The molecular weight excluding hydrogens is 596 g/mol. The molecule has 2 nitrogen and oxygen atoms in total. The SMILES string of the molecule is ClC1=C(C=Cc2cc(-c3ccccc3)[o+]c(-c3ccccc3)c2)CCCC1=CC=C1C=C(c2ccccc2)OC(c2ccccc2)=C1. The first-order valence-electron chi connectivity index (χ1n) is 16.0. The Morgan fingerprint density at radius 3 is 1.55 bits per heavy atom. The molecule has 0 bridgehead atoms. The molecule has 0 N–H and O–H groups in total. The van der Waals surface area contributed by atoms with E-state index in [1.807, 2.05) is 72.8 Å². The molecule has 47 heavy (non-hydrogen) atoms. The van der Waals surface area contributed by atoms with E-state index in [1.165, 1.54) is 0 Å². The highest BCUT2D eigenvalue weighted by atomic mass is 35.5. The van der Waals surface area contributed by atoms with Crippen LogP contribution in [-0.2, 0) is 4.74 Å². The van der Waals surface area contributed by atoms with Crippen LogP contribution < -0.4 is 0 Å². The Kier molecular flexibility index (Phi) is 9.21. The number of ether oxygens (including phenoxy) is 1. The highest BCUT2D eigenvalue weighted by Gasteiger charge is 2.20. The summed E-state index contributed by atoms with van der Waals surface area (Å²) in [4.78, 5) is 0. The summed E-state index contributed by atoms with van der Waals surface area (Å²) in [7, 11) is 0. The van der Waals surface area contributed by atoms with Gasteiger partial charge in [0.2, 0.25) is 0 Å². The van der Waals surface area contributed by atoms with Crippen molar-refractivity contribution in [3.8, 4) is 22.6 Å². The van der Waals surface area contributed by atoms with Crippen LogP contribution in [0.2, 0.25) is 0 Å².